The third-order valence-corrected chi connectivity index (χ3v) is 5.94. The predicted molar refractivity (Wildman–Crippen MR) is 112 cm³/mol. The van der Waals surface area contributed by atoms with Gasteiger partial charge in [0.25, 0.3) is 5.56 Å². The van der Waals surface area contributed by atoms with Gasteiger partial charge in [0.05, 0.1) is 29.3 Å². The molecule has 0 radical (unpaired) electrons. The largest absolute Gasteiger partial charge is 0.494 e. The zero-order valence-electron chi connectivity index (χ0n) is 17.0. The molecule has 0 aliphatic carbocycles. The molecule has 0 saturated heterocycles. The van der Waals surface area contributed by atoms with E-state index in [1.54, 1.807) is 24.3 Å². The number of halogens is 3. The number of sulfonamides is 1. The van der Waals surface area contributed by atoms with E-state index in [1.165, 1.54) is 18.2 Å². The summed E-state index contributed by atoms with van der Waals surface area (Å²) in [7, 11) is -4.46. The summed E-state index contributed by atoms with van der Waals surface area (Å²) in [4.78, 5) is 11.2. The fraction of sp³-hybridized carbons (Fsp3) is 0.238. The van der Waals surface area contributed by atoms with Crippen molar-refractivity contribution in [1.29, 1.82) is 0 Å². The minimum absolute atomic E-state index is 0.170. The van der Waals surface area contributed by atoms with Gasteiger partial charge in [-0.05, 0) is 49.4 Å². The average molecular weight is 467 g/mol. The number of rotatable bonds is 8. The van der Waals surface area contributed by atoms with E-state index in [9.17, 15) is 26.4 Å². The lowest BCUT2D eigenvalue weighted by Crippen LogP contribution is -2.32. The van der Waals surface area contributed by atoms with Crippen LogP contribution in [-0.4, -0.2) is 31.3 Å². The molecule has 0 amide bonds. The average Bonchev–Trinajstić information content (AvgIpc) is 2.75. The van der Waals surface area contributed by atoms with Crippen LogP contribution >= 0.6 is 0 Å². The van der Waals surface area contributed by atoms with Gasteiger partial charge < -0.3 is 4.74 Å². The van der Waals surface area contributed by atoms with Crippen molar-refractivity contribution in [2.75, 3.05) is 13.2 Å². The van der Waals surface area contributed by atoms with Gasteiger partial charge in [-0.15, -0.1) is 0 Å². The van der Waals surface area contributed by atoms with Crippen LogP contribution in [0.1, 0.15) is 12.5 Å². The number of nitrogens with zero attached hydrogens (tertiary/aromatic N) is 2. The van der Waals surface area contributed by atoms with Crippen molar-refractivity contribution in [3.63, 3.8) is 0 Å². The molecule has 0 saturated carbocycles. The molecule has 1 N–H and O–H groups in total. The Morgan fingerprint density at radius 3 is 2.38 bits per heavy atom. The Morgan fingerprint density at radius 1 is 1.03 bits per heavy atom. The second-order valence-corrected chi connectivity index (χ2v) is 8.36. The number of benzene rings is 2. The molecule has 0 aliphatic heterocycles. The molecule has 170 valence electrons. The van der Waals surface area contributed by atoms with E-state index in [4.69, 9.17) is 4.74 Å². The molecule has 1 heterocycles. The predicted octanol–water partition coefficient (Wildman–Crippen LogP) is 3.31. The minimum atomic E-state index is -4.82. The molecule has 1 aromatic heterocycles. The van der Waals surface area contributed by atoms with Gasteiger partial charge in [0, 0.05) is 18.2 Å². The third-order valence-electron chi connectivity index (χ3n) is 4.43. The molecule has 32 heavy (non-hydrogen) atoms. The van der Waals surface area contributed by atoms with Gasteiger partial charge >= 0.3 is 6.18 Å². The van der Waals surface area contributed by atoms with Crippen LogP contribution in [-0.2, 0) is 22.7 Å². The van der Waals surface area contributed by atoms with Crippen LogP contribution in [0.15, 0.2) is 70.4 Å². The van der Waals surface area contributed by atoms with Crippen LogP contribution in [0, 0.1) is 0 Å². The van der Waals surface area contributed by atoms with Crippen molar-refractivity contribution in [3.05, 3.63) is 76.6 Å². The van der Waals surface area contributed by atoms with E-state index in [-0.39, 0.29) is 13.1 Å². The van der Waals surface area contributed by atoms with Crippen LogP contribution in [0.25, 0.3) is 11.3 Å². The molecule has 0 unspecified atom stereocenters. The number of nitrogens with one attached hydrogen (secondary N) is 1. The van der Waals surface area contributed by atoms with Crippen molar-refractivity contribution < 1.29 is 26.3 Å². The number of ether oxygens (including phenoxy) is 1. The maximum Gasteiger partial charge on any atom is 0.417 e. The molecule has 0 aliphatic rings. The summed E-state index contributed by atoms with van der Waals surface area (Å²) in [5, 5.41) is 4.22. The quantitative estimate of drug-likeness (QED) is 0.549. The van der Waals surface area contributed by atoms with Gasteiger partial charge in [-0.1, -0.05) is 12.1 Å². The van der Waals surface area contributed by atoms with Gasteiger partial charge in [0.1, 0.15) is 5.75 Å². The second-order valence-electron chi connectivity index (χ2n) is 6.63. The first-order valence-electron chi connectivity index (χ1n) is 9.59. The smallest absolute Gasteiger partial charge is 0.417 e. The topological polar surface area (TPSA) is 90.3 Å². The third kappa shape index (κ3) is 5.54. The standard InChI is InChI=1S/C21H20F3N3O4S/c1-2-31-16-9-7-15(8-10-16)18-11-12-20(28)27(26-18)14-13-25-32(29,30)19-6-4-3-5-17(19)21(22,23)24/h3-12,25H,2,13-14H2,1H3. The fourth-order valence-electron chi connectivity index (χ4n) is 2.95. The lowest BCUT2D eigenvalue weighted by molar-refractivity contribution is -0.139. The van der Waals surface area contributed by atoms with Crippen LogP contribution in [0.5, 0.6) is 5.75 Å². The summed E-state index contributed by atoms with van der Waals surface area (Å²) in [6, 6.07) is 13.7. The Balaban J connectivity index is 1.75. The van der Waals surface area contributed by atoms with E-state index >= 15 is 0 Å². The maximum atomic E-state index is 13.1. The number of alkyl halides is 3. The Hall–Kier alpha value is -3.18. The van der Waals surface area contributed by atoms with Gasteiger partial charge in [-0.3, -0.25) is 4.79 Å². The van der Waals surface area contributed by atoms with Gasteiger partial charge in [-0.25, -0.2) is 17.8 Å². The summed E-state index contributed by atoms with van der Waals surface area (Å²) in [6.07, 6.45) is -4.82. The Bertz CT molecular complexity index is 1240. The van der Waals surface area contributed by atoms with Crippen LogP contribution < -0.4 is 15.0 Å². The summed E-state index contributed by atoms with van der Waals surface area (Å²) in [5.74, 6) is 0.679. The normalized spacial score (nSPS) is 12.0. The van der Waals surface area contributed by atoms with Crippen molar-refractivity contribution in [2.45, 2.75) is 24.5 Å². The molecule has 0 atom stereocenters. The van der Waals surface area contributed by atoms with Gasteiger partial charge in [0.15, 0.2) is 0 Å². The summed E-state index contributed by atoms with van der Waals surface area (Å²) in [6.45, 7) is 1.89. The zero-order valence-corrected chi connectivity index (χ0v) is 17.8. The molecule has 3 rings (SSSR count). The van der Waals surface area contributed by atoms with Crippen molar-refractivity contribution in [2.24, 2.45) is 0 Å². The summed E-state index contributed by atoms with van der Waals surface area (Å²) in [5.41, 5.74) is -0.560. The maximum absolute atomic E-state index is 13.1. The lowest BCUT2D eigenvalue weighted by Gasteiger charge is -2.14. The monoisotopic (exact) mass is 467 g/mol. The number of aromatic nitrogens is 2. The summed E-state index contributed by atoms with van der Waals surface area (Å²) >= 11 is 0. The zero-order chi connectivity index (χ0) is 23.4. The molecule has 7 nitrogen and oxygen atoms in total. The van der Waals surface area contributed by atoms with Gasteiger partial charge in [-0.2, -0.15) is 18.3 Å². The van der Waals surface area contributed by atoms with Crippen LogP contribution in [0.3, 0.4) is 0 Å². The van der Waals surface area contributed by atoms with Gasteiger partial charge in [0.2, 0.25) is 10.0 Å². The first-order valence-corrected chi connectivity index (χ1v) is 11.1. The fourth-order valence-corrected chi connectivity index (χ4v) is 4.20. The first kappa shape index (κ1) is 23.5. The summed E-state index contributed by atoms with van der Waals surface area (Å²) < 4.78 is 72.8. The number of hydrogen-bond donors (Lipinski definition) is 1. The molecule has 0 bridgehead atoms. The highest BCUT2D eigenvalue weighted by Crippen LogP contribution is 2.33. The van der Waals surface area contributed by atoms with Crippen LogP contribution in [0.4, 0.5) is 13.2 Å². The molecule has 0 fully saturated rings. The Morgan fingerprint density at radius 2 is 1.72 bits per heavy atom. The first-order chi connectivity index (χ1) is 15.1. The Labute approximate surface area is 182 Å². The molecule has 0 spiro atoms. The molecule has 11 heteroatoms. The molecule has 3 aromatic rings. The van der Waals surface area contributed by atoms with E-state index in [0.717, 1.165) is 16.8 Å². The highest BCUT2D eigenvalue weighted by Gasteiger charge is 2.36. The Kier molecular flexibility index (Phi) is 6.99. The van der Waals surface area contributed by atoms with Crippen molar-refractivity contribution in [1.82, 2.24) is 14.5 Å². The highest BCUT2D eigenvalue weighted by atomic mass is 32.2. The molecular formula is C21H20F3N3O4S. The van der Waals surface area contributed by atoms with Crippen LogP contribution in [0.2, 0.25) is 0 Å². The second kappa shape index (κ2) is 9.53. The van der Waals surface area contributed by atoms with E-state index in [1.807, 2.05) is 6.92 Å². The van der Waals surface area contributed by atoms with E-state index in [2.05, 4.69) is 9.82 Å². The molecule has 2 aromatic carbocycles. The minimum Gasteiger partial charge on any atom is -0.494 e. The lowest BCUT2D eigenvalue weighted by atomic mass is 10.1. The SMILES string of the molecule is CCOc1ccc(-c2ccc(=O)n(CCNS(=O)(=O)c3ccccc3C(F)(F)F)n2)cc1. The van der Waals surface area contributed by atoms with E-state index in [0.29, 0.717) is 29.7 Å². The molecular weight excluding hydrogens is 447 g/mol. The van der Waals surface area contributed by atoms with E-state index < -0.39 is 32.2 Å². The number of hydrogen-bond acceptors (Lipinski definition) is 5. The van der Waals surface area contributed by atoms with Crippen molar-refractivity contribution in [3.8, 4) is 17.0 Å². The van der Waals surface area contributed by atoms with Crippen molar-refractivity contribution >= 4 is 10.0 Å². The highest BCUT2D eigenvalue weighted by molar-refractivity contribution is 7.89.